The highest BCUT2D eigenvalue weighted by molar-refractivity contribution is 6.34. The molecule has 5 nitrogen and oxygen atoms in total. The lowest BCUT2D eigenvalue weighted by atomic mass is 10.2. The second kappa shape index (κ2) is 6.80. The van der Waals surface area contributed by atoms with E-state index >= 15 is 0 Å². The SMILES string of the molecule is C=CCN(CC)C(=O)Nc1ccc(C(=O)O)cc1Cl. The molecule has 0 radical (unpaired) electrons. The minimum atomic E-state index is -1.07. The molecule has 0 aliphatic rings. The van der Waals surface area contributed by atoms with Gasteiger partial charge >= 0.3 is 12.0 Å². The molecule has 1 aromatic carbocycles. The van der Waals surface area contributed by atoms with Crippen LogP contribution in [0.3, 0.4) is 0 Å². The zero-order chi connectivity index (χ0) is 14.4. The number of halogens is 1. The average Bonchev–Trinajstić information content (AvgIpc) is 2.37. The van der Waals surface area contributed by atoms with E-state index in [4.69, 9.17) is 16.7 Å². The van der Waals surface area contributed by atoms with Gasteiger partial charge in [0.2, 0.25) is 0 Å². The smallest absolute Gasteiger partial charge is 0.335 e. The highest BCUT2D eigenvalue weighted by Crippen LogP contribution is 2.23. The number of hydrogen-bond donors (Lipinski definition) is 2. The molecule has 1 rings (SSSR count). The molecule has 0 heterocycles. The van der Waals surface area contributed by atoms with Crippen molar-refractivity contribution in [2.45, 2.75) is 6.92 Å². The predicted octanol–water partition coefficient (Wildman–Crippen LogP) is 3.08. The number of aromatic carboxylic acids is 1. The van der Waals surface area contributed by atoms with Crippen LogP contribution >= 0.6 is 11.6 Å². The average molecular weight is 283 g/mol. The van der Waals surface area contributed by atoms with Crippen molar-refractivity contribution in [1.82, 2.24) is 4.90 Å². The first-order valence-corrected chi connectivity index (χ1v) is 6.07. The van der Waals surface area contributed by atoms with Crippen molar-refractivity contribution in [2.75, 3.05) is 18.4 Å². The van der Waals surface area contributed by atoms with E-state index in [2.05, 4.69) is 11.9 Å². The van der Waals surface area contributed by atoms with Crippen molar-refractivity contribution in [3.63, 3.8) is 0 Å². The topological polar surface area (TPSA) is 69.6 Å². The van der Waals surface area contributed by atoms with Gasteiger partial charge in [-0.05, 0) is 25.1 Å². The van der Waals surface area contributed by atoms with Crippen LogP contribution in [0.25, 0.3) is 0 Å². The van der Waals surface area contributed by atoms with Gasteiger partial charge in [0.05, 0.1) is 16.3 Å². The van der Waals surface area contributed by atoms with E-state index in [0.29, 0.717) is 18.8 Å². The number of anilines is 1. The summed E-state index contributed by atoms with van der Waals surface area (Å²) in [5.41, 5.74) is 0.445. The van der Waals surface area contributed by atoms with Crippen LogP contribution in [0.5, 0.6) is 0 Å². The fourth-order valence-corrected chi connectivity index (χ4v) is 1.68. The predicted molar refractivity (Wildman–Crippen MR) is 74.9 cm³/mol. The molecule has 0 atom stereocenters. The molecular formula is C13H15ClN2O3. The van der Waals surface area contributed by atoms with Gasteiger partial charge in [0, 0.05) is 13.1 Å². The Morgan fingerprint density at radius 3 is 2.68 bits per heavy atom. The number of rotatable bonds is 5. The minimum Gasteiger partial charge on any atom is -0.478 e. The molecule has 0 aliphatic carbocycles. The lowest BCUT2D eigenvalue weighted by Crippen LogP contribution is -2.34. The van der Waals surface area contributed by atoms with E-state index in [1.165, 1.54) is 23.1 Å². The van der Waals surface area contributed by atoms with E-state index in [0.717, 1.165) is 0 Å². The number of carboxylic acids is 1. The largest absolute Gasteiger partial charge is 0.478 e. The van der Waals surface area contributed by atoms with Crippen LogP contribution in [0.15, 0.2) is 30.9 Å². The van der Waals surface area contributed by atoms with Gasteiger partial charge in [0.25, 0.3) is 0 Å². The summed E-state index contributed by atoms with van der Waals surface area (Å²) in [5, 5.41) is 11.6. The fraction of sp³-hybridized carbons (Fsp3) is 0.231. The molecule has 2 amide bonds. The van der Waals surface area contributed by atoms with Crippen LogP contribution in [0, 0.1) is 0 Å². The number of carbonyl (C=O) groups is 2. The Labute approximate surface area is 116 Å². The zero-order valence-corrected chi connectivity index (χ0v) is 11.3. The van der Waals surface area contributed by atoms with Crippen LogP contribution in [-0.2, 0) is 0 Å². The molecular weight excluding hydrogens is 268 g/mol. The number of carboxylic acid groups (broad SMARTS) is 1. The van der Waals surface area contributed by atoms with E-state index in [1.54, 1.807) is 6.08 Å². The molecule has 6 heteroatoms. The summed E-state index contributed by atoms with van der Waals surface area (Å²) >= 11 is 5.93. The Kier molecular flexibility index (Phi) is 5.38. The quantitative estimate of drug-likeness (QED) is 0.816. The van der Waals surface area contributed by atoms with Crippen LogP contribution in [0.4, 0.5) is 10.5 Å². The summed E-state index contributed by atoms with van der Waals surface area (Å²) < 4.78 is 0. The number of amides is 2. The molecule has 0 bridgehead atoms. The van der Waals surface area contributed by atoms with E-state index in [1.807, 2.05) is 6.92 Å². The molecule has 19 heavy (non-hydrogen) atoms. The summed E-state index contributed by atoms with van der Waals surface area (Å²) in [6.45, 7) is 6.37. The Bertz CT molecular complexity index is 503. The van der Waals surface area contributed by atoms with Crippen LogP contribution in [0.1, 0.15) is 17.3 Å². The van der Waals surface area contributed by atoms with Crippen molar-refractivity contribution in [2.24, 2.45) is 0 Å². The highest BCUT2D eigenvalue weighted by atomic mass is 35.5. The Balaban J connectivity index is 2.85. The third kappa shape index (κ3) is 3.99. The van der Waals surface area contributed by atoms with E-state index in [9.17, 15) is 9.59 Å². The number of hydrogen-bond acceptors (Lipinski definition) is 2. The highest BCUT2D eigenvalue weighted by Gasteiger charge is 2.13. The Morgan fingerprint density at radius 1 is 1.53 bits per heavy atom. The number of urea groups is 1. The van der Waals surface area contributed by atoms with Gasteiger partial charge in [-0.2, -0.15) is 0 Å². The third-order valence-electron chi connectivity index (χ3n) is 2.48. The van der Waals surface area contributed by atoms with Gasteiger partial charge in [-0.15, -0.1) is 6.58 Å². The maximum atomic E-state index is 11.9. The first-order valence-electron chi connectivity index (χ1n) is 5.69. The zero-order valence-electron chi connectivity index (χ0n) is 10.5. The van der Waals surface area contributed by atoms with Crippen molar-refractivity contribution >= 4 is 29.3 Å². The summed E-state index contributed by atoms with van der Waals surface area (Å²) in [7, 11) is 0. The number of benzene rings is 1. The Hall–Kier alpha value is -2.01. The van der Waals surface area contributed by atoms with Crippen molar-refractivity contribution in [1.29, 1.82) is 0 Å². The van der Waals surface area contributed by atoms with Gasteiger partial charge in [-0.3, -0.25) is 0 Å². The molecule has 0 aromatic heterocycles. The molecule has 0 fully saturated rings. The normalized spacial score (nSPS) is 9.79. The molecule has 1 aromatic rings. The van der Waals surface area contributed by atoms with Crippen molar-refractivity contribution < 1.29 is 14.7 Å². The standard InChI is InChI=1S/C13H15ClN2O3/c1-3-7-16(4-2)13(19)15-11-6-5-9(12(17)18)8-10(11)14/h3,5-6,8H,1,4,7H2,2H3,(H,15,19)(H,17,18). The van der Waals surface area contributed by atoms with Crippen LogP contribution < -0.4 is 5.32 Å². The lowest BCUT2D eigenvalue weighted by Gasteiger charge is -2.20. The first kappa shape index (κ1) is 15.0. The minimum absolute atomic E-state index is 0.0708. The maximum Gasteiger partial charge on any atom is 0.335 e. The van der Waals surface area contributed by atoms with Gasteiger partial charge in [0.1, 0.15) is 0 Å². The van der Waals surface area contributed by atoms with E-state index < -0.39 is 5.97 Å². The lowest BCUT2D eigenvalue weighted by molar-refractivity contribution is 0.0697. The molecule has 0 unspecified atom stereocenters. The number of likely N-dealkylation sites (N-methyl/N-ethyl adjacent to an activating group) is 1. The summed E-state index contributed by atoms with van der Waals surface area (Å²) in [6, 6.07) is 3.83. The number of nitrogens with one attached hydrogen (secondary N) is 1. The third-order valence-corrected chi connectivity index (χ3v) is 2.79. The number of nitrogens with zero attached hydrogens (tertiary/aromatic N) is 1. The second-order valence-electron chi connectivity index (χ2n) is 3.76. The molecule has 0 aliphatic heterocycles. The Morgan fingerprint density at radius 2 is 2.21 bits per heavy atom. The van der Waals surface area contributed by atoms with E-state index in [-0.39, 0.29) is 16.6 Å². The van der Waals surface area contributed by atoms with Gasteiger partial charge in [-0.25, -0.2) is 9.59 Å². The summed E-state index contributed by atoms with van der Waals surface area (Å²) in [6.07, 6.45) is 1.62. The van der Waals surface area contributed by atoms with Crippen molar-refractivity contribution in [3.8, 4) is 0 Å². The fourth-order valence-electron chi connectivity index (χ4n) is 1.46. The maximum absolute atomic E-state index is 11.9. The van der Waals surface area contributed by atoms with Crippen molar-refractivity contribution in [3.05, 3.63) is 41.4 Å². The van der Waals surface area contributed by atoms with Gasteiger partial charge < -0.3 is 15.3 Å². The van der Waals surface area contributed by atoms with Crippen LogP contribution in [-0.4, -0.2) is 35.1 Å². The monoisotopic (exact) mass is 282 g/mol. The molecule has 2 N–H and O–H groups in total. The summed E-state index contributed by atoms with van der Waals surface area (Å²) in [4.78, 5) is 24.2. The van der Waals surface area contributed by atoms with Gasteiger partial charge in [0.15, 0.2) is 0 Å². The molecule has 0 spiro atoms. The first-order chi connectivity index (χ1) is 8.99. The molecule has 0 saturated heterocycles. The molecule has 102 valence electrons. The van der Waals surface area contributed by atoms with Crippen LogP contribution in [0.2, 0.25) is 5.02 Å². The second-order valence-corrected chi connectivity index (χ2v) is 4.16. The summed E-state index contributed by atoms with van der Waals surface area (Å²) in [5.74, 6) is -1.07. The molecule has 0 saturated carbocycles. The van der Waals surface area contributed by atoms with Gasteiger partial charge in [-0.1, -0.05) is 17.7 Å². The number of carbonyl (C=O) groups excluding carboxylic acids is 1.